The molecule has 0 atom stereocenters. The van der Waals surface area contributed by atoms with Crippen LogP contribution in [0.25, 0.3) is 0 Å². The van der Waals surface area contributed by atoms with E-state index in [2.05, 4.69) is 10.3 Å². The highest BCUT2D eigenvalue weighted by atomic mass is 16.5. The molecule has 2 aromatic rings. The molecule has 0 fully saturated rings. The Hall–Kier alpha value is -2.23. The van der Waals surface area contributed by atoms with Crippen LogP contribution >= 0.6 is 0 Å². The van der Waals surface area contributed by atoms with E-state index < -0.39 is 0 Å². The molecule has 94 valence electrons. The normalized spacial score (nSPS) is 9.89. The van der Waals surface area contributed by atoms with Crippen LogP contribution in [0.15, 0.2) is 42.5 Å². The number of hydrogen-bond acceptors (Lipinski definition) is 4. The smallest absolute Gasteiger partial charge is 0.213 e. The molecule has 0 bridgehead atoms. The fourth-order valence-electron chi connectivity index (χ4n) is 1.57. The molecular formula is C14H16N2O2. The standard InChI is InChI=1S/C14H16N2O2/c1-17-13-8-6-11(7-9-13)15-10-12-4-3-5-14(16-12)18-2/h3-9,15H,10H2,1-2H3. The Balaban J connectivity index is 1.97. The average Bonchev–Trinajstić information content (AvgIpc) is 2.46. The van der Waals surface area contributed by atoms with Gasteiger partial charge in [-0.25, -0.2) is 4.98 Å². The lowest BCUT2D eigenvalue weighted by molar-refractivity contribution is 0.396. The van der Waals surface area contributed by atoms with E-state index in [1.54, 1.807) is 14.2 Å². The van der Waals surface area contributed by atoms with E-state index in [0.717, 1.165) is 17.1 Å². The van der Waals surface area contributed by atoms with Gasteiger partial charge in [0.15, 0.2) is 0 Å². The highest BCUT2D eigenvalue weighted by molar-refractivity contribution is 5.46. The van der Waals surface area contributed by atoms with Crippen LogP contribution < -0.4 is 14.8 Å². The number of anilines is 1. The van der Waals surface area contributed by atoms with Crippen molar-refractivity contribution in [1.29, 1.82) is 0 Å². The Morgan fingerprint density at radius 1 is 1.00 bits per heavy atom. The molecule has 18 heavy (non-hydrogen) atoms. The van der Waals surface area contributed by atoms with Gasteiger partial charge in [0.1, 0.15) is 5.75 Å². The van der Waals surface area contributed by atoms with E-state index in [1.807, 2.05) is 42.5 Å². The molecule has 0 aliphatic carbocycles. The van der Waals surface area contributed by atoms with Gasteiger partial charge in [0.25, 0.3) is 0 Å². The highest BCUT2D eigenvalue weighted by Gasteiger charge is 1.98. The minimum absolute atomic E-state index is 0.629. The molecule has 0 aliphatic rings. The fraction of sp³-hybridized carbons (Fsp3) is 0.214. The third kappa shape index (κ3) is 3.13. The van der Waals surface area contributed by atoms with Crippen molar-refractivity contribution >= 4 is 5.69 Å². The molecular weight excluding hydrogens is 228 g/mol. The van der Waals surface area contributed by atoms with Gasteiger partial charge in [0.2, 0.25) is 5.88 Å². The second-order valence-electron chi connectivity index (χ2n) is 3.75. The first-order chi connectivity index (χ1) is 8.81. The first kappa shape index (κ1) is 12.2. The lowest BCUT2D eigenvalue weighted by Crippen LogP contribution is -2.02. The number of ether oxygens (including phenoxy) is 2. The lowest BCUT2D eigenvalue weighted by Gasteiger charge is -2.07. The summed E-state index contributed by atoms with van der Waals surface area (Å²) in [5, 5.41) is 3.29. The second kappa shape index (κ2) is 5.91. The topological polar surface area (TPSA) is 43.4 Å². The number of nitrogens with zero attached hydrogens (tertiary/aromatic N) is 1. The van der Waals surface area contributed by atoms with Gasteiger partial charge < -0.3 is 14.8 Å². The number of pyridine rings is 1. The number of rotatable bonds is 5. The average molecular weight is 244 g/mol. The molecule has 0 radical (unpaired) electrons. The van der Waals surface area contributed by atoms with Crippen LogP contribution in [0.1, 0.15) is 5.69 Å². The molecule has 0 aliphatic heterocycles. The van der Waals surface area contributed by atoms with Crippen molar-refractivity contribution in [3.63, 3.8) is 0 Å². The monoisotopic (exact) mass is 244 g/mol. The van der Waals surface area contributed by atoms with Crippen LogP contribution in [0.4, 0.5) is 5.69 Å². The summed E-state index contributed by atoms with van der Waals surface area (Å²) in [6.07, 6.45) is 0. The van der Waals surface area contributed by atoms with Crippen LogP contribution in [0.5, 0.6) is 11.6 Å². The fourth-order valence-corrected chi connectivity index (χ4v) is 1.57. The van der Waals surface area contributed by atoms with Crippen LogP contribution in [0.3, 0.4) is 0 Å². The molecule has 4 heteroatoms. The quantitative estimate of drug-likeness (QED) is 0.878. The zero-order valence-corrected chi connectivity index (χ0v) is 10.5. The van der Waals surface area contributed by atoms with Crippen molar-refractivity contribution in [3.8, 4) is 11.6 Å². The molecule has 0 spiro atoms. The van der Waals surface area contributed by atoms with Crippen LogP contribution in [0, 0.1) is 0 Å². The van der Waals surface area contributed by atoms with E-state index in [9.17, 15) is 0 Å². The first-order valence-corrected chi connectivity index (χ1v) is 5.69. The van der Waals surface area contributed by atoms with Gasteiger partial charge >= 0.3 is 0 Å². The van der Waals surface area contributed by atoms with Crippen molar-refractivity contribution in [1.82, 2.24) is 4.98 Å². The van der Waals surface area contributed by atoms with E-state index in [0.29, 0.717) is 12.4 Å². The predicted octanol–water partition coefficient (Wildman–Crippen LogP) is 2.71. The molecule has 1 N–H and O–H groups in total. The summed E-state index contributed by atoms with van der Waals surface area (Å²) in [6, 6.07) is 13.5. The van der Waals surface area contributed by atoms with E-state index >= 15 is 0 Å². The van der Waals surface area contributed by atoms with Gasteiger partial charge in [0, 0.05) is 11.8 Å². The molecule has 2 rings (SSSR count). The summed E-state index contributed by atoms with van der Waals surface area (Å²) in [6.45, 7) is 0.656. The molecule has 1 aromatic heterocycles. The molecule has 1 aromatic carbocycles. The Morgan fingerprint density at radius 3 is 2.44 bits per heavy atom. The third-order valence-electron chi connectivity index (χ3n) is 2.55. The molecule has 0 saturated carbocycles. The maximum absolute atomic E-state index is 5.11. The Bertz CT molecular complexity index is 497. The van der Waals surface area contributed by atoms with E-state index in [1.165, 1.54) is 0 Å². The van der Waals surface area contributed by atoms with Crippen LogP contribution in [-0.4, -0.2) is 19.2 Å². The predicted molar refractivity (Wildman–Crippen MR) is 71.1 cm³/mol. The zero-order valence-electron chi connectivity index (χ0n) is 10.5. The summed E-state index contributed by atoms with van der Waals surface area (Å²) in [4.78, 5) is 4.33. The Kier molecular flexibility index (Phi) is 4.02. The van der Waals surface area contributed by atoms with Crippen LogP contribution in [0.2, 0.25) is 0 Å². The molecule has 4 nitrogen and oxygen atoms in total. The molecule has 0 unspecified atom stereocenters. The summed E-state index contributed by atoms with van der Waals surface area (Å²) in [7, 11) is 3.27. The zero-order chi connectivity index (χ0) is 12.8. The molecule has 0 amide bonds. The van der Waals surface area contributed by atoms with Gasteiger partial charge in [-0.2, -0.15) is 0 Å². The maximum atomic E-state index is 5.11. The summed E-state index contributed by atoms with van der Waals surface area (Å²) < 4.78 is 10.2. The second-order valence-corrected chi connectivity index (χ2v) is 3.75. The minimum atomic E-state index is 0.629. The van der Waals surface area contributed by atoms with Crippen molar-refractivity contribution in [2.24, 2.45) is 0 Å². The molecule has 1 heterocycles. The van der Waals surface area contributed by atoms with E-state index in [4.69, 9.17) is 9.47 Å². The first-order valence-electron chi connectivity index (χ1n) is 5.69. The number of nitrogens with one attached hydrogen (secondary N) is 1. The van der Waals surface area contributed by atoms with Gasteiger partial charge in [-0.15, -0.1) is 0 Å². The maximum Gasteiger partial charge on any atom is 0.213 e. The van der Waals surface area contributed by atoms with Gasteiger partial charge in [-0.05, 0) is 30.3 Å². The minimum Gasteiger partial charge on any atom is -0.497 e. The number of benzene rings is 1. The highest BCUT2D eigenvalue weighted by Crippen LogP contribution is 2.16. The van der Waals surface area contributed by atoms with Crippen LogP contribution in [-0.2, 0) is 6.54 Å². The number of hydrogen-bond donors (Lipinski definition) is 1. The summed E-state index contributed by atoms with van der Waals surface area (Å²) in [5.74, 6) is 1.48. The Labute approximate surface area is 107 Å². The SMILES string of the molecule is COc1ccc(NCc2cccc(OC)n2)cc1. The van der Waals surface area contributed by atoms with Gasteiger partial charge in [-0.1, -0.05) is 6.07 Å². The van der Waals surface area contributed by atoms with E-state index in [-0.39, 0.29) is 0 Å². The molecule has 0 saturated heterocycles. The largest absolute Gasteiger partial charge is 0.497 e. The summed E-state index contributed by atoms with van der Waals surface area (Å²) in [5.41, 5.74) is 1.96. The number of aromatic nitrogens is 1. The lowest BCUT2D eigenvalue weighted by atomic mass is 10.3. The van der Waals surface area contributed by atoms with Gasteiger partial charge in [-0.3, -0.25) is 0 Å². The number of methoxy groups -OCH3 is 2. The van der Waals surface area contributed by atoms with Crippen molar-refractivity contribution < 1.29 is 9.47 Å². The van der Waals surface area contributed by atoms with Crippen molar-refractivity contribution in [2.45, 2.75) is 6.54 Å². The van der Waals surface area contributed by atoms with Gasteiger partial charge in [0.05, 0.1) is 26.5 Å². The Morgan fingerprint density at radius 2 is 1.78 bits per heavy atom. The van der Waals surface area contributed by atoms with Crippen molar-refractivity contribution in [3.05, 3.63) is 48.2 Å². The van der Waals surface area contributed by atoms with Crippen molar-refractivity contribution in [2.75, 3.05) is 19.5 Å². The third-order valence-corrected chi connectivity index (χ3v) is 2.55. The summed E-state index contributed by atoms with van der Waals surface area (Å²) >= 11 is 0.